The number of hydrogen-bond donors (Lipinski definition) is 3. The number of ether oxygens (including phenoxy) is 1. The van der Waals surface area contributed by atoms with E-state index in [0.717, 1.165) is 5.69 Å². The van der Waals surface area contributed by atoms with Crippen molar-refractivity contribution in [3.63, 3.8) is 0 Å². The number of aromatic nitrogens is 3. The molecule has 0 spiro atoms. The normalized spacial score (nSPS) is 10.2. The second kappa shape index (κ2) is 8.16. The quantitative estimate of drug-likeness (QED) is 0.397. The fraction of sp³-hybridized carbons (Fsp3) is 0.600. The highest BCUT2D eigenvalue weighted by molar-refractivity contribution is 5.80. The highest BCUT2D eigenvalue weighted by Crippen LogP contribution is 1.92. The smallest absolute Gasteiger partial charge is 0.260 e. The molecule has 0 aliphatic rings. The van der Waals surface area contributed by atoms with Gasteiger partial charge in [-0.05, 0) is 0 Å². The molecule has 1 heterocycles. The average Bonchev–Trinajstić information content (AvgIpc) is 2.80. The molecule has 0 aromatic carbocycles. The molecule has 9 heteroatoms. The van der Waals surface area contributed by atoms with Gasteiger partial charge in [-0.15, -0.1) is 5.10 Å². The Hall–Kier alpha value is -2.00. The van der Waals surface area contributed by atoms with Gasteiger partial charge >= 0.3 is 0 Å². The van der Waals surface area contributed by atoms with Gasteiger partial charge in [0, 0.05) is 27.1 Å². The zero-order valence-corrected chi connectivity index (χ0v) is 11.0. The molecular weight excluding hydrogens is 252 g/mol. The molecule has 1 rings (SSSR count). The predicted molar refractivity (Wildman–Crippen MR) is 65.6 cm³/mol. The van der Waals surface area contributed by atoms with Crippen LogP contribution in [0.15, 0.2) is 6.20 Å². The maximum atomic E-state index is 11.4. The molecule has 9 nitrogen and oxygen atoms in total. The van der Waals surface area contributed by atoms with Crippen molar-refractivity contribution in [1.82, 2.24) is 31.2 Å². The third-order valence-corrected chi connectivity index (χ3v) is 2.06. The Morgan fingerprint density at radius 1 is 1.42 bits per heavy atom. The van der Waals surface area contributed by atoms with E-state index in [0.29, 0.717) is 19.7 Å². The molecule has 2 amide bonds. The molecule has 0 saturated carbocycles. The average molecular weight is 270 g/mol. The minimum absolute atomic E-state index is 0.00858. The van der Waals surface area contributed by atoms with Crippen LogP contribution in [0.3, 0.4) is 0 Å². The van der Waals surface area contributed by atoms with Crippen molar-refractivity contribution in [2.24, 2.45) is 0 Å². The van der Waals surface area contributed by atoms with Crippen molar-refractivity contribution in [1.29, 1.82) is 0 Å². The third-order valence-electron chi connectivity index (χ3n) is 2.06. The van der Waals surface area contributed by atoms with Crippen LogP contribution in [0.5, 0.6) is 0 Å². The number of hydrazine groups is 1. The summed E-state index contributed by atoms with van der Waals surface area (Å²) in [4.78, 5) is 22.0. The summed E-state index contributed by atoms with van der Waals surface area (Å²) in [7, 11) is 1.63. The largest absolute Gasteiger partial charge is 0.383 e. The van der Waals surface area contributed by atoms with Crippen molar-refractivity contribution in [2.75, 3.05) is 20.3 Å². The first kappa shape index (κ1) is 15.1. The van der Waals surface area contributed by atoms with E-state index >= 15 is 0 Å². The Morgan fingerprint density at radius 3 is 2.89 bits per heavy atom. The van der Waals surface area contributed by atoms with Gasteiger partial charge in [0.2, 0.25) is 5.91 Å². The van der Waals surface area contributed by atoms with Crippen molar-refractivity contribution in [3.8, 4) is 0 Å². The van der Waals surface area contributed by atoms with E-state index in [9.17, 15) is 9.59 Å². The van der Waals surface area contributed by atoms with Crippen LogP contribution in [0.1, 0.15) is 12.6 Å². The van der Waals surface area contributed by atoms with Gasteiger partial charge < -0.3 is 10.1 Å². The zero-order chi connectivity index (χ0) is 14.1. The van der Waals surface area contributed by atoms with E-state index in [2.05, 4.69) is 26.5 Å². The maximum absolute atomic E-state index is 11.4. The van der Waals surface area contributed by atoms with Crippen LogP contribution in [0.4, 0.5) is 0 Å². The molecule has 0 bridgehead atoms. The van der Waals surface area contributed by atoms with Crippen molar-refractivity contribution < 1.29 is 14.3 Å². The van der Waals surface area contributed by atoms with Gasteiger partial charge in [0.05, 0.1) is 18.5 Å². The van der Waals surface area contributed by atoms with Crippen molar-refractivity contribution in [3.05, 3.63) is 11.9 Å². The summed E-state index contributed by atoms with van der Waals surface area (Å²) in [5, 5.41) is 10.8. The molecule has 0 atom stereocenters. The van der Waals surface area contributed by atoms with Gasteiger partial charge in [-0.25, -0.2) is 4.68 Å². The Bertz CT molecular complexity index is 419. The second-order valence-electron chi connectivity index (χ2n) is 3.81. The van der Waals surface area contributed by atoms with E-state index < -0.39 is 0 Å². The lowest BCUT2D eigenvalue weighted by molar-refractivity contribution is -0.128. The maximum Gasteiger partial charge on any atom is 0.260 e. The highest BCUT2D eigenvalue weighted by Gasteiger charge is 2.05. The minimum atomic E-state index is -0.376. The summed E-state index contributed by atoms with van der Waals surface area (Å²) in [5.74, 6) is -0.714. The lowest BCUT2D eigenvalue weighted by Gasteiger charge is -2.04. The molecule has 1 aromatic rings. The summed E-state index contributed by atoms with van der Waals surface area (Å²) in [6.45, 7) is 3.18. The minimum Gasteiger partial charge on any atom is -0.383 e. The molecule has 0 unspecified atom stereocenters. The molecule has 0 aliphatic carbocycles. The van der Waals surface area contributed by atoms with Crippen molar-refractivity contribution >= 4 is 11.8 Å². The number of nitrogens with one attached hydrogen (secondary N) is 3. The fourth-order valence-electron chi connectivity index (χ4n) is 1.23. The summed E-state index contributed by atoms with van der Waals surface area (Å²) in [6, 6.07) is 0. The molecule has 0 aliphatic heterocycles. The lowest BCUT2D eigenvalue weighted by atomic mass is 10.4. The molecule has 1 aromatic heterocycles. The predicted octanol–water partition coefficient (Wildman–Crippen LogP) is -1.82. The van der Waals surface area contributed by atoms with Crippen LogP contribution in [0.25, 0.3) is 0 Å². The second-order valence-corrected chi connectivity index (χ2v) is 3.81. The van der Waals surface area contributed by atoms with Crippen LogP contribution in [-0.2, 0) is 27.4 Å². The number of carbonyl (C=O) groups excluding carboxylic acids is 2. The molecule has 0 saturated heterocycles. The van der Waals surface area contributed by atoms with E-state index in [-0.39, 0.29) is 18.4 Å². The van der Waals surface area contributed by atoms with Gasteiger partial charge in [0.1, 0.15) is 6.54 Å². The molecule has 19 heavy (non-hydrogen) atoms. The molecule has 0 radical (unpaired) electrons. The van der Waals surface area contributed by atoms with E-state index in [1.54, 1.807) is 13.3 Å². The number of methoxy groups -OCH3 is 1. The van der Waals surface area contributed by atoms with Gasteiger partial charge in [0.25, 0.3) is 5.91 Å². The number of hydrogen-bond acceptors (Lipinski definition) is 6. The Labute approximate surface area is 110 Å². The highest BCUT2D eigenvalue weighted by atomic mass is 16.5. The first-order valence-corrected chi connectivity index (χ1v) is 5.76. The summed E-state index contributed by atoms with van der Waals surface area (Å²) in [5.41, 5.74) is 5.16. The van der Waals surface area contributed by atoms with Crippen LogP contribution in [0.2, 0.25) is 0 Å². The van der Waals surface area contributed by atoms with E-state index in [4.69, 9.17) is 4.74 Å². The van der Waals surface area contributed by atoms with E-state index in [1.165, 1.54) is 11.6 Å². The van der Waals surface area contributed by atoms with Crippen LogP contribution >= 0.6 is 0 Å². The summed E-state index contributed by atoms with van der Waals surface area (Å²) >= 11 is 0. The molecule has 0 fully saturated rings. The Kier molecular flexibility index (Phi) is 6.47. The topological polar surface area (TPSA) is 110 Å². The summed E-state index contributed by atoms with van der Waals surface area (Å²) < 4.78 is 6.29. The van der Waals surface area contributed by atoms with Crippen LogP contribution in [0, 0.1) is 0 Å². The van der Waals surface area contributed by atoms with Crippen LogP contribution < -0.4 is 16.2 Å². The number of carbonyl (C=O) groups is 2. The Morgan fingerprint density at radius 2 is 2.21 bits per heavy atom. The monoisotopic (exact) mass is 270 g/mol. The zero-order valence-electron chi connectivity index (χ0n) is 11.0. The third kappa shape index (κ3) is 6.48. The first-order valence-electron chi connectivity index (χ1n) is 5.76. The number of amides is 2. The molecule has 106 valence electrons. The van der Waals surface area contributed by atoms with Crippen molar-refractivity contribution in [2.45, 2.75) is 20.0 Å². The SMILES string of the molecule is COCCNCc1cn(CC(=O)NNC(C)=O)nn1. The fourth-order valence-corrected chi connectivity index (χ4v) is 1.23. The van der Waals surface area contributed by atoms with Gasteiger partial charge in [0.15, 0.2) is 0 Å². The first-order chi connectivity index (χ1) is 9.11. The van der Waals surface area contributed by atoms with Gasteiger partial charge in [-0.3, -0.25) is 20.4 Å². The van der Waals surface area contributed by atoms with E-state index in [1.807, 2.05) is 0 Å². The molecular formula is C10H18N6O3. The lowest BCUT2D eigenvalue weighted by Crippen LogP contribution is -2.42. The number of rotatable bonds is 7. The standard InChI is InChI=1S/C10H18N6O3/c1-8(17)12-14-10(18)7-16-6-9(13-15-16)5-11-3-4-19-2/h6,11H,3-5,7H2,1-2H3,(H,12,17)(H,14,18). The number of nitrogens with zero attached hydrogens (tertiary/aromatic N) is 3. The van der Waals surface area contributed by atoms with Gasteiger partial charge in [-0.2, -0.15) is 0 Å². The molecule has 3 N–H and O–H groups in total. The Balaban J connectivity index is 2.29. The summed E-state index contributed by atoms with van der Waals surface area (Å²) in [6.07, 6.45) is 1.66. The van der Waals surface area contributed by atoms with Crippen LogP contribution in [-0.4, -0.2) is 47.1 Å². The van der Waals surface area contributed by atoms with Gasteiger partial charge in [-0.1, -0.05) is 5.21 Å².